The largest absolute Gasteiger partial charge is 0.456 e. The summed E-state index contributed by atoms with van der Waals surface area (Å²) in [7, 11) is 0. The van der Waals surface area contributed by atoms with E-state index >= 15 is 0 Å². The molecule has 63 heavy (non-hydrogen) atoms. The number of para-hydroxylation sites is 1. The van der Waals surface area contributed by atoms with Crippen molar-refractivity contribution in [3.8, 4) is 39.1 Å². The van der Waals surface area contributed by atoms with Crippen molar-refractivity contribution in [3.63, 3.8) is 0 Å². The maximum absolute atomic E-state index is 6.67. The average Bonchev–Trinajstić information content (AvgIpc) is 3.95. The number of aromatic nitrogens is 1. The average molecular weight is 811 g/mol. The SMILES string of the molecule is Cc1cc2c3c4c1c1cc5c(cc1n4-c1cc4c(cc1B3N(c1ccc(C(C)(C)C)cc1)c1cc3c(cc1-2)-c1ccccc1C3(C)C)-c1ccccc1C4(C)C)oc1ccccc15. The third-order valence-electron chi connectivity index (χ3n) is 15.8. The van der Waals surface area contributed by atoms with Crippen molar-refractivity contribution >= 4 is 72.9 Å². The number of rotatable bonds is 1. The number of aryl methyl sites for hydroxylation is 1. The quantitative estimate of drug-likeness (QED) is 0.154. The van der Waals surface area contributed by atoms with Gasteiger partial charge in [0.15, 0.2) is 0 Å². The summed E-state index contributed by atoms with van der Waals surface area (Å²) in [6.45, 7) is 18.8. The molecule has 14 rings (SSSR count). The molecule has 2 aromatic heterocycles. The van der Waals surface area contributed by atoms with Gasteiger partial charge >= 0.3 is 6.85 Å². The Morgan fingerprint density at radius 2 is 1.16 bits per heavy atom. The van der Waals surface area contributed by atoms with Gasteiger partial charge in [0, 0.05) is 61.1 Å². The molecule has 0 unspecified atom stereocenters. The van der Waals surface area contributed by atoms with E-state index in [-0.39, 0.29) is 23.1 Å². The molecule has 0 spiro atoms. The summed E-state index contributed by atoms with van der Waals surface area (Å²) in [6.07, 6.45) is 0. The maximum atomic E-state index is 6.67. The standard InChI is InChI=1S/C59H47BN2O/c1-32-25-42-40-26-38-35-15-9-12-18-44(35)58(5,6)46(38)29-50(40)62(34-23-21-33(22-24-34)57(2,3)4)60-48-28-39-36-16-10-13-19-45(36)59(7,8)47(39)30-51(48)61-49-31-53-41(37-17-11-14-20-52(37)63-53)27-43(49)54(32)56(61)55(42)60/h9-31H,1-8H3. The van der Waals surface area contributed by atoms with Crippen molar-refractivity contribution in [1.82, 2.24) is 4.57 Å². The Balaban J connectivity index is 1.17. The molecule has 3 nitrogen and oxygen atoms in total. The van der Waals surface area contributed by atoms with Crippen LogP contribution < -0.4 is 15.7 Å². The first-order chi connectivity index (χ1) is 30.3. The number of anilines is 2. The number of hydrogen-bond donors (Lipinski definition) is 0. The lowest BCUT2D eigenvalue weighted by Crippen LogP contribution is -2.60. The Kier molecular flexibility index (Phi) is 6.49. The Morgan fingerprint density at radius 1 is 0.524 bits per heavy atom. The second-order valence-electron chi connectivity index (χ2n) is 21.0. The molecule has 0 radical (unpaired) electrons. The summed E-state index contributed by atoms with van der Waals surface area (Å²) in [5.74, 6) is 0. The monoisotopic (exact) mass is 810 g/mol. The molecule has 4 heterocycles. The Hall–Kier alpha value is -6.78. The summed E-state index contributed by atoms with van der Waals surface area (Å²) in [4.78, 5) is 2.72. The van der Waals surface area contributed by atoms with Crippen molar-refractivity contribution in [2.75, 3.05) is 4.81 Å². The van der Waals surface area contributed by atoms with Gasteiger partial charge in [0.05, 0.1) is 11.0 Å². The normalized spacial score (nSPS) is 15.8. The fourth-order valence-electron chi connectivity index (χ4n) is 12.7. The van der Waals surface area contributed by atoms with E-state index in [1.54, 1.807) is 0 Å². The molecular weight excluding hydrogens is 763 g/mol. The highest BCUT2D eigenvalue weighted by atomic mass is 16.3. The zero-order valence-corrected chi connectivity index (χ0v) is 37.2. The van der Waals surface area contributed by atoms with Crippen LogP contribution in [0.15, 0.2) is 144 Å². The lowest BCUT2D eigenvalue weighted by molar-refractivity contribution is 0.590. The predicted octanol–water partition coefficient (Wildman–Crippen LogP) is 14.1. The summed E-state index contributed by atoms with van der Waals surface area (Å²) < 4.78 is 9.30. The molecule has 4 aliphatic rings. The van der Waals surface area contributed by atoms with Gasteiger partial charge in [0.2, 0.25) is 0 Å². The summed E-state index contributed by atoms with van der Waals surface area (Å²) in [5.41, 5.74) is 26.8. The first kappa shape index (κ1) is 35.8. The Labute approximate surface area is 368 Å². The second-order valence-corrected chi connectivity index (χ2v) is 21.0. The van der Waals surface area contributed by atoms with E-state index in [4.69, 9.17) is 4.42 Å². The third kappa shape index (κ3) is 4.32. The minimum atomic E-state index is -0.157. The van der Waals surface area contributed by atoms with Gasteiger partial charge < -0.3 is 13.8 Å². The van der Waals surface area contributed by atoms with Crippen LogP contribution in [0.4, 0.5) is 11.4 Å². The Morgan fingerprint density at radius 3 is 1.86 bits per heavy atom. The van der Waals surface area contributed by atoms with Crippen molar-refractivity contribution < 1.29 is 4.42 Å². The molecule has 10 aromatic rings. The van der Waals surface area contributed by atoms with Crippen molar-refractivity contribution in [2.24, 2.45) is 0 Å². The van der Waals surface area contributed by atoms with Crippen LogP contribution >= 0.6 is 0 Å². The third-order valence-corrected chi connectivity index (χ3v) is 15.8. The molecule has 0 atom stereocenters. The fraction of sp³-hybridized carbons (Fsp3) is 0.186. The molecule has 302 valence electrons. The summed E-state index contributed by atoms with van der Waals surface area (Å²) >= 11 is 0. The summed E-state index contributed by atoms with van der Waals surface area (Å²) in [6, 6.07) is 53.7. The topological polar surface area (TPSA) is 21.3 Å². The molecule has 0 N–H and O–H groups in total. The van der Waals surface area contributed by atoms with E-state index in [2.05, 4.69) is 204 Å². The number of hydrogen-bond acceptors (Lipinski definition) is 2. The smallest absolute Gasteiger partial charge is 0.333 e. The van der Waals surface area contributed by atoms with E-state index < -0.39 is 0 Å². The van der Waals surface area contributed by atoms with Crippen molar-refractivity contribution in [2.45, 2.75) is 71.6 Å². The van der Waals surface area contributed by atoms with Crippen LogP contribution in [-0.4, -0.2) is 11.4 Å². The van der Waals surface area contributed by atoms with Crippen LogP contribution in [0, 0.1) is 6.92 Å². The molecule has 0 saturated heterocycles. The van der Waals surface area contributed by atoms with E-state index in [1.807, 2.05) is 0 Å². The number of fused-ring (bicyclic) bond motifs is 17. The van der Waals surface area contributed by atoms with Gasteiger partial charge in [-0.15, -0.1) is 0 Å². The van der Waals surface area contributed by atoms with Crippen LogP contribution in [0.5, 0.6) is 0 Å². The molecule has 2 aliphatic carbocycles. The number of benzene rings is 8. The minimum Gasteiger partial charge on any atom is -0.456 e. The molecule has 2 aliphatic heterocycles. The Bertz CT molecular complexity index is 3740. The first-order valence-electron chi connectivity index (χ1n) is 22.7. The van der Waals surface area contributed by atoms with Crippen molar-refractivity contribution in [1.29, 1.82) is 0 Å². The lowest BCUT2D eigenvalue weighted by atomic mass is 9.43. The van der Waals surface area contributed by atoms with E-state index in [0.29, 0.717) is 0 Å². The highest BCUT2D eigenvalue weighted by Crippen LogP contribution is 2.56. The summed E-state index contributed by atoms with van der Waals surface area (Å²) in [5, 5.41) is 4.93. The second kappa shape index (κ2) is 11.4. The zero-order valence-electron chi connectivity index (χ0n) is 37.2. The first-order valence-corrected chi connectivity index (χ1v) is 22.7. The van der Waals surface area contributed by atoms with Gasteiger partial charge in [0.1, 0.15) is 11.2 Å². The molecular formula is C59H47BN2O. The molecule has 4 heteroatoms. The van der Waals surface area contributed by atoms with Gasteiger partial charge in [-0.3, -0.25) is 0 Å². The number of nitrogens with zero attached hydrogens (tertiary/aromatic N) is 2. The fourth-order valence-corrected chi connectivity index (χ4v) is 12.7. The van der Waals surface area contributed by atoms with Crippen molar-refractivity contribution in [3.05, 3.63) is 173 Å². The van der Waals surface area contributed by atoms with Gasteiger partial charge in [0.25, 0.3) is 0 Å². The van der Waals surface area contributed by atoms with Gasteiger partial charge in [-0.05, 0) is 127 Å². The molecule has 0 bridgehead atoms. The van der Waals surface area contributed by atoms with Gasteiger partial charge in [-0.1, -0.05) is 139 Å². The zero-order chi connectivity index (χ0) is 42.6. The molecule has 0 saturated carbocycles. The highest BCUT2D eigenvalue weighted by Gasteiger charge is 2.48. The van der Waals surface area contributed by atoms with Crippen LogP contribution in [0.1, 0.15) is 81.8 Å². The van der Waals surface area contributed by atoms with Gasteiger partial charge in [-0.2, -0.15) is 0 Å². The van der Waals surface area contributed by atoms with Crippen LogP contribution in [0.3, 0.4) is 0 Å². The molecule has 0 amide bonds. The van der Waals surface area contributed by atoms with E-state index in [1.165, 1.54) is 122 Å². The maximum Gasteiger partial charge on any atom is 0.333 e. The predicted molar refractivity (Wildman–Crippen MR) is 266 cm³/mol. The van der Waals surface area contributed by atoms with Gasteiger partial charge in [-0.25, -0.2) is 0 Å². The minimum absolute atomic E-state index is 0.0366. The van der Waals surface area contributed by atoms with E-state index in [9.17, 15) is 0 Å². The highest BCUT2D eigenvalue weighted by molar-refractivity contribution is 6.93. The molecule has 8 aromatic carbocycles. The van der Waals surface area contributed by atoms with E-state index in [0.717, 1.165) is 16.6 Å². The molecule has 0 fully saturated rings. The number of furan rings is 1. The van der Waals surface area contributed by atoms with Crippen LogP contribution in [-0.2, 0) is 16.2 Å². The van der Waals surface area contributed by atoms with Crippen LogP contribution in [0.25, 0.3) is 82.8 Å². The lowest BCUT2D eigenvalue weighted by Gasteiger charge is -2.43. The van der Waals surface area contributed by atoms with Crippen LogP contribution in [0.2, 0.25) is 0 Å².